The summed E-state index contributed by atoms with van der Waals surface area (Å²) in [6, 6.07) is 10.4. The van der Waals surface area contributed by atoms with Crippen molar-refractivity contribution in [1.82, 2.24) is 5.32 Å². The van der Waals surface area contributed by atoms with Crippen molar-refractivity contribution >= 4 is 17.1 Å². The highest BCUT2D eigenvalue weighted by Gasteiger charge is 2.13. The summed E-state index contributed by atoms with van der Waals surface area (Å²) in [6.45, 7) is 4.07. The largest absolute Gasteiger partial charge is 0.312 e. The first kappa shape index (κ1) is 13.5. The Morgan fingerprint density at radius 3 is 2.85 bits per heavy atom. The van der Waals surface area contributed by atoms with Gasteiger partial charge in [0.25, 0.3) is 0 Å². The molecular formula is C17H19NOS. The maximum atomic E-state index is 12.4. The first-order valence-corrected chi connectivity index (χ1v) is 8.01. The molecule has 0 unspecified atom stereocenters. The summed E-state index contributed by atoms with van der Waals surface area (Å²) in [5.41, 5.74) is 3.51. The zero-order valence-electron chi connectivity index (χ0n) is 11.7. The highest BCUT2D eigenvalue weighted by atomic mass is 32.1. The van der Waals surface area contributed by atoms with Gasteiger partial charge in [-0.15, -0.1) is 11.3 Å². The summed E-state index contributed by atoms with van der Waals surface area (Å²) in [6.07, 6.45) is 2.63. The highest BCUT2D eigenvalue weighted by molar-refractivity contribution is 7.12. The summed E-state index contributed by atoms with van der Waals surface area (Å²) in [5, 5.41) is 3.36. The van der Waals surface area contributed by atoms with E-state index >= 15 is 0 Å². The van der Waals surface area contributed by atoms with E-state index < -0.39 is 0 Å². The molecule has 20 heavy (non-hydrogen) atoms. The van der Waals surface area contributed by atoms with Crippen LogP contribution in [0.5, 0.6) is 0 Å². The third-order valence-corrected chi connectivity index (χ3v) is 5.04. The minimum Gasteiger partial charge on any atom is -0.312 e. The van der Waals surface area contributed by atoms with E-state index in [4.69, 9.17) is 0 Å². The molecule has 0 saturated carbocycles. The Balaban J connectivity index is 1.76. The van der Waals surface area contributed by atoms with Gasteiger partial charge in [-0.1, -0.05) is 19.1 Å². The molecule has 0 amide bonds. The molecule has 104 valence electrons. The normalized spacial score (nSPS) is 14.1. The molecule has 1 N–H and O–H groups in total. The van der Waals surface area contributed by atoms with E-state index in [9.17, 15) is 4.79 Å². The Kier molecular flexibility index (Phi) is 3.99. The first-order chi connectivity index (χ1) is 9.76. The number of thiophene rings is 1. The number of carbonyl (C=O) groups excluding carboxylic acids is 1. The van der Waals surface area contributed by atoms with Gasteiger partial charge >= 0.3 is 0 Å². The number of hydrogen-bond donors (Lipinski definition) is 1. The summed E-state index contributed by atoms with van der Waals surface area (Å²) < 4.78 is 0. The van der Waals surface area contributed by atoms with Crippen LogP contribution in [0.15, 0.2) is 30.3 Å². The molecule has 0 bridgehead atoms. The quantitative estimate of drug-likeness (QED) is 0.873. The SMILES string of the molecule is CCc1ccc(CC(=O)c2ccc3c(c2)CNCC3)s1. The number of rotatable bonds is 4. The lowest BCUT2D eigenvalue weighted by molar-refractivity contribution is 0.0993. The van der Waals surface area contributed by atoms with Crippen LogP contribution in [-0.2, 0) is 25.8 Å². The molecule has 1 aromatic carbocycles. The molecule has 0 atom stereocenters. The smallest absolute Gasteiger partial charge is 0.168 e. The molecule has 2 heterocycles. The Morgan fingerprint density at radius 1 is 1.20 bits per heavy atom. The molecule has 0 spiro atoms. The number of fused-ring (bicyclic) bond motifs is 1. The van der Waals surface area contributed by atoms with E-state index in [2.05, 4.69) is 36.5 Å². The maximum absolute atomic E-state index is 12.4. The van der Waals surface area contributed by atoms with Gasteiger partial charge < -0.3 is 5.32 Å². The Bertz CT molecular complexity index is 630. The number of aryl methyl sites for hydroxylation is 1. The summed E-state index contributed by atoms with van der Waals surface area (Å²) in [4.78, 5) is 14.9. The van der Waals surface area contributed by atoms with Gasteiger partial charge in [-0.05, 0) is 48.7 Å². The van der Waals surface area contributed by atoms with Crippen LogP contribution < -0.4 is 5.32 Å². The fraction of sp³-hybridized carbons (Fsp3) is 0.353. The second-order valence-corrected chi connectivity index (χ2v) is 6.48. The van der Waals surface area contributed by atoms with Crippen molar-refractivity contribution in [1.29, 1.82) is 0 Å². The number of carbonyl (C=O) groups is 1. The van der Waals surface area contributed by atoms with Gasteiger partial charge in [0.2, 0.25) is 0 Å². The Hall–Kier alpha value is -1.45. The second kappa shape index (κ2) is 5.90. The molecule has 1 aromatic heterocycles. The van der Waals surface area contributed by atoms with E-state index in [-0.39, 0.29) is 5.78 Å². The minimum absolute atomic E-state index is 0.225. The lowest BCUT2D eigenvalue weighted by atomic mass is 9.96. The maximum Gasteiger partial charge on any atom is 0.168 e. The molecule has 0 saturated heterocycles. The molecule has 2 aromatic rings. The van der Waals surface area contributed by atoms with Crippen molar-refractivity contribution in [2.75, 3.05) is 6.54 Å². The van der Waals surface area contributed by atoms with Gasteiger partial charge in [-0.2, -0.15) is 0 Å². The Labute approximate surface area is 123 Å². The molecule has 1 aliphatic rings. The predicted molar refractivity (Wildman–Crippen MR) is 83.6 cm³/mol. The van der Waals surface area contributed by atoms with Crippen molar-refractivity contribution < 1.29 is 4.79 Å². The van der Waals surface area contributed by atoms with Crippen LogP contribution in [0, 0.1) is 0 Å². The van der Waals surface area contributed by atoms with Crippen molar-refractivity contribution in [2.45, 2.75) is 32.7 Å². The number of hydrogen-bond acceptors (Lipinski definition) is 3. The number of ketones is 1. The van der Waals surface area contributed by atoms with Gasteiger partial charge in [0.15, 0.2) is 5.78 Å². The second-order valence-electron chi connectivity index (χ2n) is 5.23. The minimum atomic E-state index is 0.225. The fourth-order valence-corrected chi connectivity index (χ4v) is 3.58. The van der Waals surface area contributed by atoms with Crippen molar-refractivity contribution in [3.8, 4) is 0 Å². The third kappa shape index (κ3) is 2.84. The monoisotopic (exact) mass is 285 g/mol. The summed E-state index contributed by atoms with van der Waals surface area (Å²) in [5.74, 6) is 0.225. The average Bonchev–Trinajstić information content (AvgIpc) is 2.94. The van der Waals surface area contributed by atoms with Crippen molar-refractivity contribution in [3.63, 3.8) is 0 Å². The molecule has 3 heteroatoms. The predicted octanol–water partition coefficient (Wildman–Crippen LogP) is 3.38. The van der Waals surface area contributed by atoms with E-state index in [1.54, 1.807) is 11.3 Å². The van der Waals surface area contributed by atoms with E-state index in [1.807, 2.05) is 6.07 Å². The number of benzene rings is 1. The fourth-order valence-electron chi connectivity index (χ4n) is 2.62. The van der Waals surface area contributed by atoms with Crippen molar-refractivity contribution in [2.24, 2.45) is 0 Å². The summed E-state index contributed by atoms with van der Waals surface area (Å²) >= 11 is 1.75. The number of Topliss-reactive ketones (excluding diaryl/α,β-unsaturated/α-hetero) is 1. The van der Waals surface area contributed by atoms with Crippen LogP contribution in [0.4, 0.5) is 0 Å². The van der Waals surface area contributed by atoms with Crippen LogP contribution in [0.3, 0.4) is 0 Å². The van der Waals surface area contributed by atoms with Crippen molar-refractivity contribution in [3.05, 3.63) is 56.8 Å². The zero-order valence-corrected chi connectivity index (χ0v) is 12.6. The van der Waals surface area contributed by atoms with Crippen LogP contribution in [0.25, 0.3) is 0 Å². The molecule has 0 aliphatic carbocycles. The molecule has 0 fully saturated rings. The lowest BCUT2D eigenvalue weighted by Gasteiger charge is -2.17. The van der Waals surface area contributed by atoms with Gasteiger partial charge in [0.05, 0.1) is 0 Å². The molecular weight excluding hydrogens is 266 g/mol. The van der Waals surface area contributed by atoms with Gasteiger partial charge in [-0.3, -0.25) is 4.79 Å². The van der Waals surface area contributed by atoms with Gasteiger partial charge in [0.1, 0.15) is 0 Å². The molecule has 2 nitrogen and oxygen atoms in total. The van der Waals surface area contributed by atoms with E-state index in [0.717, 1.165) is 31.5 Å². The standard InChI is InChI=1S/C17H19NOS/c1-2-15-5-6-16(20-15)10-17(19)13-4-3-12-7-8-18-11-14(12)9-13/h3-6,9,18H,2,7-8,10-11H2,1H3. The number of nitrogens with one attached hydrogen (secondary N) is 1. The van der Waals surface area contributed by atoms with Crippen LogP contribution >= 0.6 is 11.3 Å². The van der Waals surface area contributed by atoms with Crippen LogP contribution in [-0.4, -0.2) is 12.3 Å². The van der Waals surface area contributed by atoms with Gasteiger partial charge in [0, 0.05) is 28.3 Å². The van der Waals surface area contributed by atoms with E-state index in [1.165, 1.54) is 20.9 Å². The summed E-state index contributed by atoms with van der Waals surface area (Å²) in [7, 11) is 0. The zero-order chi connectivity index (χ0) is 13.9. The topological polar surface area (TPSA) is 29.1 Å². The van der Waals surface area contributed by atoms with Crippen LogP contribution in [0.1, 0.15) is 38.2 Å². The average molecular weight is 285 g/mol. The molecule has 3 rings (SSSR count). The highest BCUT2D eigenvalue weighted by Crippen LogP contribution is 2.21. The first-order valence-electron chi connectivity index (χ1n) is 7.19. The third-order valence-electron chi connectivity index (χ3n) is 3.82. The molecule has 0 radical (unpaired) electrons. The van der Waals surface area contributed by atoms with Crippen LogP contribution in [0.2, 0.25) is 0 Å². The lowest BCUT2D eigenvalue weighted by Crippen LogP contribution is -2.23. The van der Waals surface area contributed by atoms with Gasteiger partial charge in [-0.25, -0.2) is 0 Å². The molecule has 1 aliphatic heterocycles. The van der Waals surface area contributed by atoms with E-state index in [0.29, 0.717) is 6.42 Å². The Morgan fingerprint density at radius 2 is 2.05 bits per heavy atom.